The molecule has 2 saturated heterocycles. The second-order valence-electron chi connectivity index (χ2n) is 8.55. The first-order valence-corrected chi connectivity index (χ1v) is 10.4. The molecule has 2 bridgehead atoms. The van der Waals surface area contributed by atoms with Crippen molar-refractivity contribution in [3.05, 3.63) is 59.9 Å². The maximum Gasteiger partial charge on any atom is 0.235 e. The van der Waals surface area contributed by atoms with E-state index >= 15 is 0 Å². The molecule has 0 unspecified atom stereocenters. The number of carbonyl (C=O) groups is 2. The number of nitrogens with zero attached hydrogens (tertiary/aromatic N) is 2. The molecular weight excluding hydrogens is 382 g/mol. The third kappa shape index (κ3) is 3.04. The quantitative estimate of drug-likeness (QED) is 0.744. The summed E-state index contributed by atoms with van der Waals surface area (Å²) in [7, 11) is 0. The molecule has 4 heterocycles. The van der Waals surface area contributed by atoms with Crippen molar-refractivity contribution in [3.8, 4) is 0 Å². The van der Waals surface area contributed by atoms with Gasteiger partial charge >= 0.3 is 0 Å². The predicted molar refractivity (Wildman–Crippen MR) is 110 cm³/mol. The summed E-state index contributed by atoms with van der Waals surface area (Å²) in [4.78, 5) is 28.0. The van der Waals surface area contributed by atoms with Crippen molar-refractivity contribution < 1.29 is 18.8 Å². The summed E-state index contributed by atoms with van der Waals surface area (Å²) < 4.78 is 11.3. The van der Waals surface area contributed by atoms with Crippen LogP contribution in [-0.4, -0.2) is 41.3 Å². The van der Waals surface area contributed by atoms with Crippen LogP contribution in [-0.2, 0) is 20.7 Å². The van der Waals surface area contributed by atoms with Gasteiger partial charge in [0.1, 0.15) is 11.4 Å². The van der Waals surface area contributed by atoms with Gasteiger partial charge in [-0.1, -0.05) is 47.6 Å². The highest BCUT2D eigenvalue weighted by Gasteiger charge is 2.67. The predicted octanol–water partition coefficient (Wildman–Crippen LogP) is 2.41. The molecule has 156 valence electrons. The smallest absolute Gasteiger partial charge is 0.235 e. The normalized spacial score (nSPS) is 30.0. The topological polar surface area (TPSA) is 84.7 Å². The zero-order valence-corrected chi connectivity index (χ0v) is 17.1. The van der Waals surface area contributed by atoms with Gasteiger partial charge in [0.15, 0.2) is 5.82 Å². The summed E-state index contributed by atoms with van der Waals surface area (Å²) in [6, 6.07) is 11.9. The number of ether oxygens (including phenoxy) is 1. The van der Waals surface area contributed by atoms with Crippen molar-refractivity contribution in [2.45, 2.75) is 44.4 Å². The minimum absolute atomic E-state index is 0.00237. The van der Waals surface area contributed by atoms with E-state index in [0.717, 1.165) is 12.8 Å². The van der Waals surface area contributed by atoms with Gasteiger partial charge in [-0.3, -0.25) is 14.5 Å². The average molecular weight is 407 g/mol. The third-order valence-electron chi connectivity index (χ3n) is 6.39. The maximum atomic E-state index is 13.2. The van der Waals surface area contributed by atoms with Crippen LogP contribution in [0.15, 0.2) is 53.1 Å². The van der Waals surface area contributed by atoms with E-state index in [-0.39, 0.29) is 24.0 Å². The molecule has 30 heavy (non-hydrogen) atoms. The zero-order valence-electron chi connectivity index (χ0n) is 17.1. The van der Waals surface area contributed by atoms with Gasteiger partial charge in [-0.15, -0.1) is 0 Å². The van der Waals surface area contributed by atoms with E-state index in [9.17, 15) is 9.59 Å². The number of benzene rings is 1. The molecule has 3 aliphatic rings. The standard InChI is InChI=1S/C23H25N3O4/c1-14(8-9-16-6-4-3-5-7-16)24-21(27)19-17-10-11-23(29-17)13-26(22(28)20(19)23)18-12-15(2)30-25-18/h3-7,10-12,14,17,19-20H,8-9,13H2,1-2H3,(H,24,27)/t14-,17-,19-,20+,23-/m1/s1. The largest absolute Gasteiger partial charge is 0.360 e. The van der Waals surface area contributed by atoms with E-state index in [4.69, 9.17) is 9.26 Å². The fourth-order valence-electron chi connectivity index (χ4n) is 4.91. The number of aromatic nitrogens is 1. The molecule has 3 aliphatic heterocycles. The van der Waals surface area contributed by atoms with Crippen molar-refractivity contribution in [1.29, 1.82) is 0 Å². The average Bonchev–Trinajstić information content (AvgIpc) is 3.48. The highest BCUT2D eigenvalue weighted by Crippen LogP contribution is 2.52. The van der Waals surface area contributed by atoms with Gasteiger partial charge in [0.05, 0.1) is 24.5 Å². The number of rotatable bonds is 6. The van der Waals surface area contributed by atoms with Crippen LogP contribution in [0.1, 0.15) is 24.7 Å². The number of fused-ring (bicyclic) bond motifs is 1. The molecule has 2 fully saturated rings. The number of amides is 2. The number of hydrogen-bond donors (Lipinski definition) is 1. The Morgan fingerprint density at radius 3 is 2.90 bits per heavy atom. The highest BCUT2D eigenvalue weighted by atomic mass is 16.5. The Hall–Kier alpha value is -2.93. The van der Waals surface area contributed by atoms with E-state index < -0.39 is 17.4 Å². The zero-order chi connectivity index (χ0) is 20.9. The summed E-state index contributed by atoms with van der Waals surface area (Å²) in [6.07, 6.45) is 5.22. The van der Waals surface area contributed by atoms with Crippen LogP contribution in [0.2, 0.25) is 0 Å². The van der Waals surface area contributed by atoms with Crippen LogP contribution in [0.3, 0.4) is 0 Å². The second-order valence-corrected chi connectivity index (χ2v) is 8.55. The summed E-state index contributed by atoms with van der Waals surface area (Å²) in [5.41, 5.74) is 0.484. The van der Waals surface area contributed by atoms with Gasteiger partial charge in [0.25, 0.3) is 0 Å². The Kier molecular flexibility index (Phi) is 4.50. The molecule has 0 saturated carbocycles. The molecule has 0 aliphatic carbocycles. The number of hydrogen-bond acceptors (Lipinski definition) is 5. The summed E-state index contributed by atoms with van der Waals surface area (Å²) >= 11 is 0. The monoisotopic (exact) mass is 407 g/mol. The first kappa shape index (κ1) is 19.1. The summed E-state index contributed by atoms with van der Waals surface area (Å²) in [5.74, 6) is -0.215. The van der Waals surface area contributed by atoms with Crippen molar-refractivity contribution in [2.75, 3.05) is 11.4 Å². The Morgan fingerprint density at radius 1 is 1.37 bits per heavy atom. The van der Waals surface area contributed by atoms with Crippen molar-refractivity contribution in [2.24, 2.45) is 11.8 Å². The van der Waals surface area contributed by atoms with Gasteiger partial charge < -0.3 is 14.6 Å². The van der Waals surface area contributed by atoms with Crippen LogP contribution in [0.25, 0.3) is 0 Å². The summed E-state index contributed by atoms with van der Waals surface area (Å²) in [6.45, 7) is 4.13. The highest BCUT2D eigenvalue weighted by molar-refractivity contribution is 6.02. The van der Waals surface area contributed by atoms with Crippen molar-refractivity contribution >= 4 is 17.6 Å². The van der Waals surface area contributed by atoms with Gasteiger partial charge in [-0.25, -0.2) is 0 Å². The molecule has 5 atom stereocenters. The molecule has 2 amide bonds. The van der Waals surface area contributed by atoms with Crippen LogP contribution in [0.5, 0.6) is 0 Å². The second kappa shape index (κ2) is 7.09. The first-order valence-electron chi connectivity index (χ1n) is 10.4. The van der Waals surface area contributed by atoms with Crippen LogP contribution in [0, 0.1) is 18.8 Å². The Labute approximate surface area is 175 Å². The number of aryl methyl sites for hydroxylation is 2. The van der Waals surface area contributed by atoms with E-state index in [1.54, 1.807) is 17.9 Å². The Morgan fingerprint density at radius 2 is 2.17 bits per heavy atom. The van der Waals surface area contributed by atoms with Gasteiger partial charge in [-0.2, -0.15) is 0 Å². The van der Waals surface area contributed by atoms with E-state index in [1.165, 1.54) is 5.56 Å². The van der Waals surface area contributed by atoms with E-state index in [2.05, 4.69) is 22.6 Å². The molecule has 2 aromatic rings. The summed E-state index contributed by atoms with van der Waals surface area (Å²) in [5, 5.41) is 7.08. The van der Waals surface area contributed by atoms with E-state index in [0.29, 0.717) is 18.1 Å². The fraction of sp³-hybridized carbons (Fsp3) is 0.435. The molecule has 1 aromatic carbocycles. The molecule has 1 spiro atoms. The molecule has 1 N–H and O–H groups in total. The van der Waals surface area contributed by atoms with Crippen LogP contribution >= 0.6 is 0 Å². The molecule has 0 radical (unpaired) electrons. The molecule has 5 rings (SSSR count). The van der Waals surface area contributed by atoms with Crippen LogP contribution in [0.4, 0.5) is 5.82 Å². The number of nitrogens with one attached hydrogen (secondary N) is 1. The molecule has 7 nitrogen and oxygen atoms in total. The number of carbonyl (C=O) groups excluding carboxylic acids is 2. The minimum atomic E-state index is -0.760. The molecular formula is C23H25N3O4. The maximum absolute atomic E-state index is 13.2. The Bertz CT molecular complexity index is 1000. The lowest BCUT2D eigenvalue weighted by Gasteiger charge is -2.25. The Balaban J connectivity index is 1.28. The SMILES string of the molecule is Cc1cc(N2C[C@@]34C=C[C@@H](O3)[C@@H](C(=O)N[C@H](C)CCc3ccccc3)[C@H]4C2=O)no1. The van der Waals surface area contributed by atoms with Crippen LogP contribution < -0.4 is 10.2 Å². The van der Waals surface area contributed by atoms with Gasteiger partial charge in [-0.05, 0) is 32.3 Å². The van der Waals surface area contributed by atoms with Crippen molar-refractivity contribution in [1.82, 2.24) is 10.5 Å². The lowest BCUT2D eigenvalue weighted by atomic mass is 9.76. The lowest BCUT2D eigenvalue weighted by molar-refractivity contribution is -0.132. The van der Waals surface area contributed by atoms with Gasteiger partial charge in [0.2, 0.25) is 11.8 Å². The van der Waals surface area contributed by atoms with Gasteiger partial charge in [0, 0.05) is 12.1 Å². The third-order valence-corrected chi connectivity index (χ3v) is 6.39. The molecule has 1 aromatic heterocycles. The number of anilines is 1. The molecule has 7 heteroatoms. The van der Waals surface area contributed by atoms with Crippen molar-refractivity contribution in [3.63, 3.8) is 0 Å². The minimum Gasteiger partial charge on any atom is -0.360 e. The van der Waals surface area contributed by atoms with E-state index in [1.807, 2.05) is 37.3 Å². The lowest BCUT2D eigenvalue weighted by Crippen LogP contribution is -2.46. The fourth-order valence-corrected chi connectivity index (χ4v) is 4.91. The first-order chi connectivity index (χ1) is 14.5.